The highest BCUT2D eigenvalue weighted by Gasteiger charge is 2.06. The van der Waals surface area contributed by atoms with E-state index in [1.165, 1.54) is 32.1 Å². The first kappa shape index (κ1) is 14.9. The molecule has 0 aromatic rings. The van der Waals surface area contributed by atoms with Gasteiger partial charge in [-0.2, -0.15) is 0 Å². The zero-order chi connectivity index (χ0) is 11.4. The summed E-state index contributed by atoms with van der Waals surface area (Å²) in [6.07, 6.45) is 7.91. The Morgan fingerprint density at radius 3 is 2.40 bits per heavy atom. The zero-order valence-corrected chi connectivity index (χ0v) is 10.8. The summed E-state index contributed by atoms with van der Waals surface area (Å²) in [5.74, 6) is 0. The van der Waals surface area contributed by atoms with Crippen molar-refractivity contribution in [2.75, 3.05) is 19.8 Å². The van der Waals surface area contributed by atoms with Gasteiger partial charge in [0.1, 0.15) is 0 Å². The van der Waals surface area contributed by atoms with E-state index in [9.17, 15) is 0 Å². The van der Waals surface area contributed by atoms with Crippen molar-refractivity contribution in [1.82, 2.24) is 5.32 Å². The number of hydrogen-bond acceptors (Lipinski definition) is 2. The van der Waals surface area contributed by atoms with Crippen LogP contribution in [0.5, 0.6) is 0 Å². The van der Waals surface area contributed by atoms with Crippen LogP contribution in [0.1, 0.15) is 59.3 Å². The van der Waals surface area contributed by atoms with E-state index in [0.717, 1.165) is 26.2 Å². The summed E-state index contributed by atoms with van der Waals surface area (Å²) in [5, 5.41) is 3.54. The van der Waals surface area contributed by atoms with Gasteiger partial charge in [-0.1, -0.05) is 39.5 Å². The van der Waals surface area contributed by atoms with E-state index < -0.39 is 0 Å². The average molecular weight is 215 g/mol. The third-order valence-electron chi connectivity index (χ3n) is 2.71. The predicted molar refractivity (Wildman–Crippen MR) is 67.3 cm³/mol. The Morgan fingerprint density at radius 1 is 1.00 bits per heavy atom. The first-order chi connectivity index (χ1) is 7.35. The second-order valence-electron chi connectivity index (χ2n) is 4.09. The van der Waals surface area contributed by atoms with Gasteiger partial charge in [-0.25, -0.2) is 0 Å². The van der Waals surface area contributed by atoms with Gasteiger partial charge >= 0.3 is 0 Å². The van der Waals surface area contributed by atoms with Crippen LogP contribution in [-0.2, 0) is 4.74 Å². The fourth-order valence-corrected chi connectivity index (χ4v) is 1.82. The van der Waals surface area contributed by atoms with Crippen molar-refractivity contribution < 1.29 is 4.74 Å². The highest BCUT2D eigenvalue weighted by molar-refractivity contribution is 4.65. The van der Waals surface area contributed by atoms with Gasteiger partial charge < -0.3 is 10.1 Å². The van der Waals surface area contributed by atoms with Crippen LogP contribution >= 0.6 is 0 Å². The lowest BCUT2D eigenvalue weighted by Gasteiger charge is -2.17. The van der Waals surface area contributed by atoms with Crippen LogP contribution in [0.15, 0.2) is 0 Å². The fraction of sp³-hybridized carbons (Fsp3) is 1.00. The monoisotopic (exact) mass is 215 g/mol. The summed E-state index contributed by atoms with van der Waals surface area (Å²) < 4.78 is 5.40. The molecule has 0 aliphatic carbocycles. The van der Waals surface area contributed by atoms with E-state index in [-0.39, 0.29) is 0 Å². The maximum Gasteiger partial charge on any atom is 0.0480 e. The summed E-state index contributed by atoms with van der Waals surface area (Å²) in [6.45, 7) is 9.32. The van der Waals surface area contributed by atoms with E-state index >= 15 is 0 Å². The van der Waals surface area contributed by atoms with E-state index in [1.807, 2.05) is 0 Å². The van der Waals surface area contributed by atoms with Crippen molar-refractivity contribution in [1.29, 1.82) is 0 Å². The normalized spacial score (nSPS) is 13.0. The van der Waals surface area contributed by atoms with Crippen molar-refractivity contribution in [3.05, 3.63) is 0 Å². The minimum absolute atomic E-state index is 0.665. The Labute approximate surface area is 95.8 Å². The molecule has 0 spiro atoms. The lowest BCUT2D eigenvalue weighted by atomic mass is 10.0. The standard InChI is InChI=1S/C13H29NO/c1-4-7-8-9-10-13(14-5-2)11-12-15-6-3/h13-14H,4-12H2,1-3H3. The maximum absolute atomic E-state index is 5.40. The Hall–Kier alpha value is -0.0800. The molecule has 0 rings (SSSR count). The summed E-state index contributed by atoms with van der Waals surface area (Å²) in [5.41, 5.74) is 0. The maximum atomic E-state index is 5.40. The van der Waals surface area contributed by atoms with Gasteiger partial charge in [0, 0.05) is 19.3 Å². The average Bonchev–Trinajstić information content (AvgIpc) is 2.24. The number of ether oxygens (including phenoxy) is 1. The van der Waals surface area contributed by atoms with Crippen LogP contribution in [0.4, 0.5) is 0 Å². The van der Waals surface area contributed by atoms with Crippen molar-refractivity contribution in [2.45, 2.75) is 65.3 Å². The minimum Gasteiger partial charge on any atom is -0.382 e. The van der Waals surface area contributed by atoms with Gasteiger partial charge in [0.2, 0.25) is 0 Å². The first-order valence-corrected chi connectivity index (χ1v) is 6.66. The minimum atomic E-state index is 0.665. The molecule has 0 fully saturated rings. The lowest BCUT2D eigenvalue weighted by Crippen LogP contribution is -2.30. The van der Waals surface area contributed by atoms with Crippen LogP contribution in [-0.4, -0.2) is 25.8 Å². The van der Waals surface area contributed by atoms with E-state index in [1.54, 1.807) is 0 Å². The van der Waals surface area contributed by atoms with E-state index in [0.29, 0.717) is 6.04 Å². The number of rotatable bonds is 11. The molecule has 0 amide bonds. The number of unbranched alkanes of at least 4 members (excludes halogenated alkanes) is 3. The van der Waals surface area contributed by atoms with Crippen LogP contribution in [0.3, 0.4) is 0 Å². The molecule has 0 aliphatic rings. The zero-order valence-electron chi connectivity index (χ0n) is 10.8. The smallest absolute Gasteiger partial charge is 0.0480 e. The molecule has 0 bridgehead atoms. The largest absolute Gasteiger partial charge is 0.382 e. The molecule has 1 unspecified atom stereocenters. The molecule has 0 aromatic carbocycles. The van der Waals surface area contributed by atoms with Crippen molar-refractivity contribution in [3.63, 3.8) is 0 Å². The third kappa shape index (κ3) is 10.2. The van der Waals surface area contributed by atoms with Gasteiger partial charge in [-0.15, -0.1) is 0 Å². The second-order valence-corrected chi connectivity index (χ2v) is 4.09. The van der Waals surface area contributed by atoms with E-state index in [2.05, 4.69) is 26.1 Å². The van der Waals surface area contributed by atoms with Gasteiger partial charge in [0.15, 0.2) is 0 Å². The summed E-state index contributed by atoms with van der Waals surface area (Å²) in [4.78, 5) is 0. The third-order valence-corrected chi connectivity index (χ3v) is 2.71. The molecule has 0 saturated carbocycles. The Morgan fingerprint density at radius 2 is 1.80 bits per heavy atom. The second kappa shape index (κ2) is 12.0. The van der Waals surface area contributed by atoms with E-state index in [4.69, 9.17) is 4.74 Å². The Balaban J connectivity index is 3.44. The molecule has 0 saturated heterocycles. The Kier molecular flexibility index (Phi) is 11.9. The van der Waals surface area contributed by atoms with Crippen LogP contribution < -0.4 is 5.32 Å². The van der Waals surface area contributed by atoms with Crippen LogP contribution in [0, 0.1) is 0 Å². The molecule has 2 heteroatoms. The lowest BCUT2D eigenvalue weighted by molar-refractivity contribution is 0.135. The van der Waals surface area contributed by atoms with Crippen LogP contribution in [0.2, 0.25) is 0 Å². The fourth-order valence-electron chi connectivity index (χ4n) is 1.82. The Bertz CT molecular complexity index is 117. The number of nitrogens with one attached hydrogen (secondary N) is 1. The SMILES string of the molecule is CCCCCCC(CCOCC)NCC. The highest BCUT2D eigenvalue weighted by Crippen LogP contribution is 2.08. The van der Waals surface area contributed by atoms with Gasteiger partial charge in [-0.3, -0.25) is 0 Å². The summed E-state index contributed by atoms with van der Waals surface area (Å²) in [6, 6.07) is 0.665. The molecule has 1 atom stereocenters. The van der Waals surface area contributed by atoms with Crippen molar-refractivity contribution in [2.24, 2.45) is 0 Å². The van der Waals surface area contributed by atoms with Gasteiger partial charge in [0.05, 0.1) is 0 Å². The van der Waals surface area contributed by atoms with Gasteiger partial charge in [0.25, 0.3) is 0 Å². The topological polar surface area (TPSA) is 21.3 Å². The molecule has 0 aromatic heterocycles. The molecule has 15 heavy (non-hydrogen) atoms. The predicted octanol–water partition coefficient (Wildman–Crippen LogP) is 3.36. The molecule has 2 nitrogen and oxygen atoms in total. The number of hydrogen-bond donors (Lipinski definition) is 1. The van der Waals surface area contributed by atoms with Crippen molar-refractivity contribution >= 4 is 0 Å². The molecule has 0 radical (unpaired) electrons. The van der Waals surface area contributed by atoms with Gasteiger partial charge in [-0.05, 0) is 26.3 Å². The molecule has 0 aliphatic heterocycles. The quantitative estimate of drug-likeness (QED) is 0.534. The highest BCUT2D eigenvalue weighted by atomic mass is 16.5. The summed E-state index contributed by atoms with van der Waals surface area (Å²) in [7, 11) is 0. The summed E-state index contributed by atoms with van der Waals surface area (Å²) >= 11 is 0. The molecule has 92 valence electrons. The molecular weight excluding hydrogens is 186 g/mol. The van der Waals surface area contributed by atoms with Crippen LogP contribution in [0.25, 0.3) is 0 Å². The molecule has 1 N–H and O–H groups in total. The molecular formula is C13H29NO. The first-order valence-electron chi connectivity index (χ1n) is 6.66. The van der Waals surface area contributed by atoms with Crippen molar-refractivity contribution in [3.8, 4) is 0 Å². The molecule has 0 heterocycles.